The lowest BCUT2D eigenvalue weighted by Gasteiger charge is -2.52. The third kappa shape index (κ3) is 4.65. The Hall–Kier alpha value is -1.99. The first-order valence-corrected chi connectivity index (χ1v) is 9.14. The monoisotopic (exact) mass is 386 g/mol. The van der Waals surface area contributed by atoms with Crippen LogP contribution in [0.15, 0.2) is 18.3 Å². The van der Waals surface area contributed by atoms with Crippen molar-refractivity contribution >= 4 is 6.09 Å². The minimum absolute atomic E-state index is 0.0968. The Morgan fingerprint density at radius 1 is 1.30 bits per heavy atom. The van der Waals surface area contributed by atoms with Crippen molar-refractivity contribution < 1.29 is 27.4 Å². The molecule has 0 atom stereocenters. The molecule has 0 N–H and O–H groups in total. The number of aromatic nitrogens is 1. The quantitative estimate of drug-likeness (QED) is 0.742. The molecule has 1 saturated carbocycles. The van der Waals surface area contributed by atoms with E-state index in [0.29, 0.717) is 25.9 Å². The van der Waals surface area contributed by atoms with Crippen molar-refractivity contribution in [3.8, 4) is 5.75 Å². The van der Waals surface area contributed by atoms with E-state index in [1.165, 1.54) is 12.1 Å². The molecule has 1 aliphatic heterocycles. The summed E-state index contributed by atoms with van der Waals surface area (Å²) in [5.41, 5.74) is -1.65. The van der Waals surface area contributed by atoms with Crippen LogP contribution in [0.5, 0.6) is 5.75 Å². The summed E-state index contributed by atoms with van der Waals surface area (Å²) in [4.78, 5) is 17.4. The maximum absolute atomic E-state index is 13.0. The smallest absolute Gasteiger partial charge is 0.437 e. The molecule has 1 spiro atoms. The molecule has 1 aromatic rings. The molecule has 5 nitrogen and oxygen atoms in total. The SMILES string of the molecule is CC(C)(C)OC(=O)N1CCCC2(CC(Oc3cccnc3C(F)(F)F)C2)C1. The fourth-order valence-corrected chi connectivity index (χ4v) is 3.89. The number of halogens is 3. The second kappa shape index (κ2) is 6.87. The standard InChI is InChI=1S/C19H25F3N2O3/c1-17(2,3)27-16(25)24-9-5-7-18(12-24)10-13(11-18)26-14-6-4-8-23-15(14)19(20,21)22/h4,6,8,13H,5,7,9-12H2,1-3H3. The van der Waals surface area contributed by atoms with Crippen LogP contribution < -0.4 is 4.74 Å². The van der Waals surface area contributed by atoms with Gasteiger partial charge in [0.25, 0.3) is 0 Å². The second-order valence-electron chi connectivity index (χ2n) is 8.50. The molecule has 1 aliphatic carbocycles. The van der Waals surface area contributed by atoms with Gasteiger partial charge < -0.3 is 14.4 Å². The van der Waals surface area contributed by atoms with Crippen molar-refractivity contribution in [1.29, 1.82) is 0 Å². The summed E-state index contributed by atoms with van der Waals surface area (Å²) in [6, 6.07) is 2.73. The van der Waals surface area contributed by atoms with E-state index in [1.807, 2.05) is 20.8 Å². The number of likely N-dealkylation sites (tertiary alicyclic amines) is 1. The van der Waals surface area contributed by atoms with Crippen LogP contribution in [0, 0.1) is 5.41 Å². The van der Waals surface area contributed by atoms with E-state index in [4.69, 9.17) is 9.47 Å². The average molecular weight is 386 g/mol. The van der Waals surface area contributed by atoms with E-state index in [9.17, 15) is 18.0 Å². The zero-order valence-corrected chi connectivity index (χ0v) is 15.8. The van der Waals surface area contributed by atoms with Gasteiger partial charge >= 0.3 is 12.3 Å². The van der Waals surface area contributed by atoms with Crippen molar-refractivity contribution in [2.45, 2.75) is 64.3 Å². The highest BCUT2D eigenvalue weighted by atomic mass is 19.4. The lowest BCUT2D eigenvalue weighted by molar-refractivity contribution is -0.144. The van der Waals surface area contributed by atoms with Crippen LogP contribution in [0.1, 0.15) is 52.1 Å². The fraction of sp³-hybridized carbons (Fsp3) is 0.684. The number of rotatable bonds is 2. The highest BCUT2D eigenvalue weighted by molar-refractivity contribution is 5.68. The largest absolute Gasteiger partial charge is 0.488 e. The van der Waals surface area contributed by atoms with E-state index in [2.05, 4.69) is 4.98 Å². The van der Waals surface area contributed by atoms with E-state index in [1.54, 1.807) is 4.90 Å². The summed E-state index contributed by atoms with van der Waals surface area (Å²) in [6.07, 6.45) is -1.03. The first kappa shape index (κ1) is 19.8. The molecule has 27 heavy (non-hydrogen) atoms. The van der Waals surface area contributed by atoms with Crippen molar-refractivity contribution in [3.63, 3.8) is 0 Å². The predicted octanol–water partition coefficient (Wildman–Crippen LogP) is 4.66. The second-order valence-corrected chi connectivity index (χ2v) is 8.50. The average Bonchev–Trinajstić information content (AvgIpc) is 2.51. The van der Waals surface area contributed by atoms with Crippen LogP contribution in [-0.2, 0) is 10.9 Å². The van der Waals surface area contributed by atoms with Gasteiger partial charge in [-0.05, 0) is 64.0 Å². The highest BCUT2D eigenvalue weighted by Crippen LogP contribution is 2.49. The molecule has 3 rings (SSSR count). The molecule has 0 unspecified atom stereocenters. The van der Waals surface area contributed by atoms with Crippen molar-refractivity contribution in [1.82, 2.24) is 9.88 Å². The Bertz CT molecular complexity index is 694. The van der Waals surface area contributed by atoms with Gasteiger partial charge in [0.2, 0.25) is 0 Å². The molecular weight excluding hydrogens is 361 g/mol. The van der Waals surface area contributed by atoms with Crippen LogP contribution >= 0.6 is 0 Å². The summed E-state index contributed by atoms with van der Waals surface area (Å²) in [5.74, 6) is -0.232. The topological polar surface area (TPSA) is 51.7 Å². The van der Waals surface area contributed by atoms with Crippen molar-refractivity contribution in [2.24, 2.45) is 5.41 Å². The molecule has 2 heterocycles. The van der Waals surface area contributed by atoms with Crippen molar-refractivity contribution in [3.05, 3.63) is 24.0 Å². The third-order valence-electron chi connectivity index (χ3n) is 4.97. The number of carbonyl (C=O) groups excluding carboxylic acids is 1. The normalized spacial score (nSPS) is 25.9. The Kier molecular flexibility index (Phi) is 5.03. The summed E-state index contributed by atoms with van der Waals surface area (Å²) in [6.45, 7) is 6.67. The molecule has 2 aliphatic rings. The zero-order chi connectivity index (χ0) is 19.9. The molecule has 2 fully saturated rings. The van der Waals surface area contributed by atoms with Crippen LogP contribution in [-0.4, -0.2) is 40.8 Å². The minimum Gasteiger partial charge on any atom is -0.488 e. The number of pyridine rings is 1. The van der Waals surface area contributed by atoms with Gasteiger partial charge in [0.05, 0.1) is 0 Å². The number of ether oxygens (including phenoxy) is 2. The summed E-state index contributed by atoms with van der Waals surface area (Å²) in [5, 5.41) is 0. The first-order valence-electron chi connectivity index (χ1n) is 9.14. The van der Waals surface area contributed by atoms with Gasteiger partial charge in [-0.1, -0.05) is 0 Å². The van der Waals surface area contributed by atoms with E-state index < -0.39 is 17.5 Å². The predicted molar refractivity (Wildman–Crippen MR) is 92.4 cm³/mol. The van der Waals surface area contributed by atoms with Gasteiger partial charge in [0.15, 0.2) is 11.4 Å². The number of amides is 1. The lowest BCUT2D eigenvalue weighted by Crippen LogP contribution is -2.55. The lowest BCUT2D eigenvalue weighted by atomic mass is 9.62. The number of hydrogen-bond donors (Lipinski definition) is 0. The van der Waals surface area contributed by atoms with Gasteiger partial charge in [-0.3, -0.25) is 0 Å². The summed E-state index contributed by atoms with van der Waals surface area (Å²) < 4.78 is 50.2. The first-order chi connectivity index (χ1) is 12.5. The third-order valence-corrected chi connectivity index (χ3v) is 4.97. The Morgan fingerprint density at radius 3 is 2.63 bits per heavy atom. The molecule has 0 aromatic carbocycles. The van der Waals surface area contributed by atoms with E-state index in [0.717, 1.165) is 19.0 Å². The molecule has 0 radical (unpaired) electrons. The number of piperidine rings is 1. The number of hydrogen-bond acceptors (Lipinski definition) is 4. The molecule has 1 amide bonds. The van der Waals surface area contributed by atoms with Gasteiger partial charge in [-0.2, -0.15) is 13.2 Å². The van der Waals surface area contributed by atoms with E-state index >= 15 is 0 Å². The molecule has 8 heteroatoms. The minimum atomic E-state index is -4.55. The number of carbonyl (C=O) groups is 1. The van der Waals surface area contributed by atoms with Gasteiger partial charge in [-0.15, -0.1) is 0 Å². The van der Waals surface area contributed by atoms with E-state index in [-0.39, 0.29) is 23.4 Å². The molecular formula is C19H25F3N2O3. The Morgan fingerprint density at radius 2 is 2.00 bits per heavy atom. The number of nitrogens with zero attached hydrogens (tertiary/aromatic N) is 2. The Labute approximate surface area is 156 Å². The van der Waals surface area contributed by atoms with Gasteiger partial charge in [-0.25, -0.2) is 9.78 Å². The van der Waals surface area contributed by atoms with Gasteiger partial charge in [0.1, 0.15) is 11.7 Å². The van der Waals surface area contributed by atoms with Gasteiger partial charge in [0, 0.05) is 19.3 Å². The van der Waals surface area contributed by atoms with Crippen LogP contribution in [0.4, 0.5) is 18.0 Å². The maximum Gasteiger partial charge on any atom is 0.437 e. The Balaban J connectivity index is 1.60. The maximum atomic E-state index is 13.0. The van der Waals surface area contributed by atoms with Crippen LogP contribution in [0.2, 0.25) is 0 Å². The zero-order valence-electron chi connectivity index (χ0n) is 15.8. The highest BCUT2D eigenvalue weighted by Gasteiger charge is 2.49. The molecule has 150 valence electrons. The number of alkyl halides is 3. The molecule has 1 saturated heterocycles. The fourth-order valence-electron chi connectivity index (χ4n) is 3.89. The van der Waals surface area contributed by atoms with Crippen LogP contribution in [0.25, 0.3) is 0 Å². The van der Waals surface area contributed by atoms with Crippen LogP contribution in [0.3, 0.4) is 0 Å². The molecule has 1 aromatic heterocycles. The molecule has 0 bridgehead atoms. The summed E-state index contributed by atoms with van der Waals surface area (Å²) >= 11 is 0. The summed E-state index contributed by atoms with van der Waals surface area (Å²) in [7, 11) is 0. The van der Waals surface area contributed by atoms with Crippen molar-refractivity contribution in [2.75, 3.05) is 13.1 Å².